The first-order valence-corrected chi connectivity index (χ1v) is 3.51. The van der Waals surface area contributed by atoms with E-state index in [4.69, 9.17) is 5.73 Å². The summed E-state index contributed by atoms with van der Waals surface area (Å²) in [4.78, 5) is 10.2. The van der Waals surface area contributed by atoms with Crippen molar-refractivity contribution < 1.29 is 14.5 Å². The van der Waals surface area contributed by atoms with Gasteiger partial charge in [0.2, 0.25) is 0 Å². The van der Waals surface area contributed by atoms with Gasteiger partial charge in [-0.15, -0.1) is 0 Å². The van der Waals surface area contributed by atoms with Crippen LogP contribution in [0.2, 0.25) is 0 Å². The minimum atomic E-state index is -1.10. The Labute approximate surface area is 64.5 Å². The quantitative estimate of drug-likeness (QED) is 0.420. The van der Waals surface area contributed by atoms with E-state index in [0.29, 0.717) is 12.5 Å². The Hall–Kier alpha value is -1.26. The third kappa shape index (κ3) is 2.10. The van der Waals surface area contributed by atoms with Gasteiger partial charge in [-0.25, -0.2) is 0 Å². The zero-order valence-electron chi connectivity index (χ0n) is 6.17. The molecule has 1 aliphatic rings. The van der Waals surface area contributed by atoms with E-state index >= 15 is 0 Å². The number of nitrogens with two attached hydrogens (primary N) is 1. The van der Waals surface area contributed by atoms with Gasteiger partial charge in [-0.05, 0) is 0 Å². The van der Waals surface area contributed by atoms with Crippen LogP contribution in [-0.2, 0) is 4.79 Å². The van der Waals surface area contributed by atoms with Crippen molar-refractivity contribution in [2.75, 3.05) is 19.6 Å². The SMILES string of the molecule is NC1=[N+](CC(=O)[O-])CCCN1. The van der Waals surface area contributed by atoms with E-state index in [-0.39, 0.29) is 6.54 Å². The molecule has 0 amide bonds. The van der Waals surface area contributed by atoms with Gasteiger partial charge >= 0.3 is 5.96 Å². The molecule has 1 rings (SSSR count). The topological polar surface area (TPSA) is 81.2 Å². The molecule has 0 aliphatic carbocycles. The Bertz CT molecular complexity index is 200. The monoisotopic (exact) mass is 157 g/mol. The number of nitrogens with zero attached hydrogens (tertiary/aromatic N) is 1. The Morgan fingerprint density at radius 1 is 1.82 bits per heavy atom. The average Bonchev–Trinajstić information content (AvgIpc) is 1.93. The number of guanidine groups is 1. The molecular formula is C6H11N3O2. The lowest BCUT2D eigenvalue weighted by atomic mass is 10.3. The number of aliphatic carboxylic acids is 1. The van der Waals surface area contributed by atoms with Crippen LogP contribution in [0.5, 0.6) is 0 Å². The Balaban J connectivity index is 2.59. The lowest BCUT2D eigenvalue weighted by Gasteiger charge is -2.15. The first-order valence-electron chi connectivity index (χ1n) is 3.51. The standard InChI is InChI=1S/C6H11N3O2/c7-6-8-2-1-3-9(6)4-5(10)11/h1-4H2,(H3,7,8,10,11). The van der Waals surface area contributed by atoms with Crippen LogP contribution >= 0.6 is 0 Å². The zero-order valence-corrected chi connectivity index (χ0v) is 6.17. The summed E-state index contributed by atoms with van der Waals surface area (Å²) in [5.41, 5.74) is 5.47. The fourth-order valence-electron chi connectivity index (χ4n) is 1.04. The smallest absolute Gasteiger partial charge is 0.343 e. The summed E-state index contributed by atoms with van der Waals surface area (Å²) in [6, 6.07) is 0. The number of carbonyl (C=O) groups is 1. The molecular weight excluding hydrogens is 146 g/mol. The van der Waals surface area contributed by atoms with Crippen molar-refractivity contribution in [3.8, 4) is 0 Å². The summed E-state index contributed by atoms with van der Waals surface area (Å²) in [5.74, 6) is -0.669. The number of hydrogen-bond donors (Lipinski definition) is 2. The molecule has 0 saturated carbocycles. The van der Waals surface area contributed by atoms with Crippen molar-refractivity contribution in [1.82, 2.24) is 5.32 Å². The van der Waals surface area contributed by atoms with Gasteiger partial charge in [0, 0.05) is 6.42 Å². The highest BCUT2D eigenvalue weighted by Crippen LogP contribution is 1.86. The first-order chi connectivity index (χ1) is 5.20. The average molecular weight is 157 g/mol. The molecule has 0 aromatic rings. The molecule has 0 unspecified atom stereocenters. The summed E-state index contributed by atoms with van der Waals surface area (Å²) in [7, 11) is 0. The molecule has 5 nitrogen and oxygen atoms in total. The van der Waals surface area contributed by atoms with E-state index in [1.54, 1.807) is 4.58 Å². The van der Waals surface area contributed by atoms with Gasteiger partial charge < -0.3 is 9.90 Å². The minimum Gasteiger partial charge on any atom is -0.547 e. The van der Waals surface area contributed by atoms with Crippen molar-refractivity contribution in [3.05, 3.63) is 0 Å². The summed E-state index contributed by atoms with van der Waals surface area (Å²) < 4.78 is 1.55. The Kier molecular flexibility index (Phi) is 2.30. The molecule has 1 aliphatic heterocycles. The number of nitrogens with one attached hydrogen (secondary N) is 1. The van der Waals surface area contributed by atoms with Crippen molar-refractivity contribution in [1.29, 1.82) is 0 Å². The van der Waals surface area contributed by atoms with Crippen molar-refractivity contribution in [2.24, 2.45) is 5.73 Å². The van der Waals surface area contributed by atoms with Gasteiger partial charge in [-0.2, -0.15) is 0 Å². The molecule has 0 aromatic carbocycles. The number of carboxylic acids is 1. The fourth-order valence-corrected chi connectivity index (χ4v) is 1.04. The molecule has 62 valence electrons. The van der Waals surface area contributed by atoms with Crippen LogP contribution in [-0.4, -0.2) is 36.1 Å². The Morgan fingerprint density at radius 3 is 3.09 bits per heavy atom. The van der Waals surface area contributed by atoms with Crippen molar-refractivity contribution >= 4 is 11.9 Å². The molecule has 5 heteroatoms. The molecule has 1 heterocycles. The minimum absolute atomic E-state index is 0.126. The highest BCUT2D eigenvalue weighted by molar-refractivity contribution is 5.74. The van der Waals surface area contributed by atoms with Gasteiger partial charge in [0.1, 0.15) is 6.54 Å². The lowest BCUT2D eigenvalue weighted by Crippen LogP contribution is -2.49. The second-order valence-corrected chi connectivity index (χ2v) is 2.46. The summed E-state index contributed by atoms with van der Waals surface area (Å²) in [6.45, 7) is 1.38. The van der Waals surface area contributed by atoms with Crippen LogP contribution in [0.1, 0.15) is 6.42 Å². The predicted octanol–water partition coefficient (Wildman–Crippen LogP) is -2.94. The van der Waals surface area contributed by atoms with Gasteiger partial charge in [0.25, 0.3) is 0 Å². The van der Waals surface area contributed by atoms with Crippen molar-refractivity contribution in [3.63, 3.8) is 0 Å². The van der Waals surface area contributed by atoms with E-state index in [9.17, 15) is 9.90 Å². The number of carbonyl (C=O) groups excluding carboxylic acids is 1. The molecule has 0 bridgehead atoms. The van der Waals surface area contributed by atoms with E-state index in [1.807, 2.05) is 0 Å². The predicted molar refractivity (Wildman–Crippen MR) is 36.8 cm³/mol. The van der Waals surface area contributed by atoms with Crippen LogP contribution in [0, 0.1) is 0 Å². The zero-order chi connectivity index (χ0) is 8.27. The van der Waals surface area contributed by atoms with E-state index in [0.717, 1.165) is 13.0 Å². The normalized spacial score (nSPS) is 17.8. The molecule has 11 heavy (non-hydrogen) atoms. The van der Waals surface area contributed by atoms with Crippen LogP contribution in [0.3, 0.4) is 0 Å². The Morgan fingerprint density at radius 2 is 2.55 bits per heavy atom. The van der Waals surface area contributed by atoms with Gasteiger partial charge in [0.05, 0.1) is 19.1 Å². The highest BCUT2D eigenvalue weighted by Gasteiger charge is 2.12. The number of rotatable bonds is 2. The van der Waals surface area contributed by atoms with Crippen LogP contribution in [0.4, 0.5) is 0 Å². The van der Waals surface area contributed by atoms with E-state index in [2.05, 4.69) is 5.32 Å². The maximum absolute atomic E-state index is 10.2. The second kappa shape index (κ2) is 3.23. The third-order valence-electron chi connectivity index (χ3n) is 1.57. The van der Waals surface area contributed by atoms with Crippen LogP contribution in [0.25, 0.3) is 0 Å². The molecule has 0 radical (unpaired) electrons. The highest BCUT2D eigenvalue weighted by atomic mass is 16.4. The number of carboxylic acid groups (broad SMARTS) is 1. The van der Waals surface area contributed by atoms with Crippen LogP contribution < -0.4 is 16.2 Å². The second-order valence-electron chi connectivity index (χ2n) is 2.46. The largest absolute Gasteiger partial charge is 0.547 e. The maximum atomic E-state index is 10.2. The lowest BCUT2D eigenvalue weighted by molar-refractivity contribution is -0.534. The molecule has 0 spiro atoms. The first kappa shape index (κ1) is 7.84. The molecule has 0 atom stereocenters. The molecule has 3 N–H and O–H groups in total. The molecule has 0 aromatic heterocycles. The molecule has 0 saturated heterocycles. The van der Waals surface area contributed by atoms with Gasteiger partial charge in [-0.3, -0.25) is 15.6 Å². The summed E-state index contributed by atoms with van der Waals surface area (Å²) in [5, 5.41) is 13.0. The number of hydrogen-bond acceptors (Lipinski definition) is 4. The van der Waals surface area contributed by atoms with E-state index < -0.39 is 5.97 Å². The summed E-state index contributed by atoms with van der Waals surface area (Å²) >= 11 is 0. The fraction of sp³-hybridized carbons (Fsp3) is 0.667. The van der Waals surface area contributed by atoms with E-state index in [1.165, 1.54) is 0 Å². The van der Waals surface area contributed by atoms with Gasteiger partial charge in [-0.1, -0.05) is 0 Å². The molecule has 0 fully saturated rings. The maximum Gasteiger partial charge on any atom is 0.343 e. The van der Waals surface area contributed by atoms with Crippen LogP contribution in [0.15, 0.2) is 0 Å². The third-order valence-corrected chi connectivity index (χ3v) is 1.57. The van der Waals surface area contributed by atoms with Crippen molar-refractivity contribution in [2.45, 2.75) is 6.42 Å². The summed E-state index contributed by atoms with van der Waals surface area (Å²) in [6.07, 6.45) is 0.911. The van der Waals surface area contributed by atoms with Gasteiger partial charge in [0.15, 0.2) is 0 Å².